The van der Waals surface area contributed by atoms with Crippen LogP contribution in [-0.4, -0.2) is 45.1 Å². The molecule has 4 rings (SSSR count). The number of hydrogen-bond acceptors (Lipinski definition) is 5. The molecule has 3 aromatic rings. The van der Waals surface area contributed by atoms with Gasteiger partial charge in [0.1, 0.15) is 18.4 Å². The van der Waals surface area contributed by atoms with Crippen LogP contribution < -0.4 is 14.8 Å². The summed E-state index contributed by atoms with van der Waals surface area (Å²) in [6, 6.07) is 9.23. The van der Waals surface area contributed by atoms with Gasteiger partial charge in [0, 0.05) is 18.3 Å². The monoisotopic (exact) mass is 367 g/mol. The summed E-state index contributed by atoms with van der Waals surface area (Å²) in [4.78, 5) is 12.5. The first-order valence-electron chi connectivity index (χ1n) is 8.75. The zero-order valence-electron chi connectivity index (χ0n) is 15.4. The third-order valence-corrected chi connectivity index (χ3v) is 4.65. The molecule has 3 heterocycles. The predicted octanol–water partition coefficient (Wildman–Crippen LogP) is 2.00. The minimum absolute atomic E-state index is 0.240. The maximum Gasteiger partial charge on any atom is 0.269 e. The molecule has 0 fully saturated rings. The average molecular weight is 367 g/mol. The molecule has 1 atom stereocenters. The minimum Gasteiger partial charge on any atom is -0.486 e. The molecule has 8 heteroatoms. The van der Waals surface area contributed by atoms with Crippen molar-refractivity contribution in [2.45, 2.75) is 20.0 Å². The quantitative estimate of drug-likeness (QED) is 0.736. The maximum atomic E-state index is 12.5. The van der Waals surface area contributed by atoms with Crippen molar-refractivity contribution in [3.05, 3.63) is 47.4 Å². The van der Waals surface area contributed by atoms with Gasteiger partial charge >= 0.3 is 0 Å². The third-order valence-electron chi connectivity index (χ3n) is 4.65. The highest BCUT2D eigenvalue weighted by Crippen LogP contribution is 2.30. The number of rotatable bonds is 4. The summed E-state index contributed by atoms with van der Waals surface area (Å²) >= 11 is 0. The molecule has 2 N–H and O–H groups in total. The fraction of sp³-hybridized carbons (Fsp3) is 0.316. The van der Waals surface area contributed by atoms with Gasteiger partial charge in [-0.3, -0.25) is 14.6 Å². The number of amides is 1. The van der Waals surface area contributed by atoms with E-state index in [1.807, 2.05) is 45.2 Å². The smallest absolute Gasteiger partial charge is 0.269 e. The summed E-state index contributed by atoms with van der Waals surface area (Å²) in [6.45, 7) is 4.63. The van der Waals surface area contributed by atoms with Crippen LogP contribution in [0.15, 0.2) is 30.3 Å². The lowest BCUT2D eigenvalue weighted by Crippen LogP contribution is -2.40. The fourth-order valence-electron chi connectivity index (χ4n) is 3.18. The molecule has 1 unspecified atom stereocenters. The van der Waals surface area contributed by atoms with E-state index in [2.05, 4.69) is 20.6 Å². The van der Waals surface area contributed by atoms with E-state index in [1.54, 1.807) is 10.7 Å². The molecule has 140 valence electrons. The first kappa shape index (κ1) is 17.1. The van der Waals surface area contributed by atoms with Gasteiger partial charge in [-0.2, -0.15) is 10.2 Å². The highest BCUT2D eigenvalue weighted by atomic mass is 16.6. The number of aryl methyl sites for hydroxylation is 2. The van der Waals surface area contributed by atoms with E-state index in [1.165, 1.54) is 0 Å². The van der Waals surface area contributed by atoms with E-state index < -0.39 is 0 Å². The lowest BCUT2D eigenvalue weighted by atomic mass is 10.1. The van der Waals surface area contributed by atoms with Crippen molar-refractivity contribution in [2.75, 3.05) is 13.2 Å². The largest absolute Gasteiger partial charge is 0.486 e. The number of carbonyl (C=O) groups excluding carboxylic acids is 1. The van der Waals surface area contributed by atoms with Crippen LogP contribution >= 0.6 is 0 Å². The molecule has 1 aromatic carbocycles. The molecule has 1 aliphatic heterocycles. The SMILES string of the molecule is Cc1nn(C)c(C)c1-c1cc(C(=O)NCC2COc3ccccc3O2)[nH]n1. The predicted molar refractivity (Wildman–Crippen MR) is 98.9 cm³/mol. The van der Waals surface area contributed by atoms with Crippen molar-refractivity contribution in [1.29, 1.82) is 0 Å². The van der Waals surface area contributed by atoms with Crippen molar-refractivity contribution in [1.82, 2.24) is 25.3 Å². The molecule has 27 heavy (non-hydrogen) atoms. The number of aromatic nitrogens is 4. The Morgan fingerprint density at radius 2 is 2.11 bits per heavy atom. The fourth-order valence-corrected chi connectivity index (χ4v) is 3.18. The standard InChI is InChI=1S/C19H21N5O3/c1-11-18(12(2)24(3)23-11)14-8-15(22-21-14)19(25)20-9-13-10-26-16-6-4-5-7-17(16)27-13/h4-8,13H,9-10H2,1-3H3,(H,20,25)(H,21,22). The first-order chi connectivity index (χ1) is 13.0. The Labute approximate surface area is 156 Å². The van der Waals surface area contributed by atoms with E-state index in [4.69, 9.17) is 9.47 Å². The van der Waals surface area contributed by atoms with E-state index in [9.17, 15) is 4.79 Å². The zero-order chi connectivity index (χ0) is 19.0. The summed E-state index contributed by atoms with van der Waals surface area (Å²) in [5, 5.41) is 14.3. The number of carbonyl (C=O) groups is 1. The normalized spacial score (nSPS) is 15.6. The van der Waals surface area contributed by atoms with Gasteiger partial charge in [-0.05, 0) is 32.0 Å². The van der Waals surface area contributed by atoms with Gasteiger partial charge in [0.05, 0.1) is 17.9 Å². The molecule has 0 saturated heterocycles. The Balaban J connectivity index is 1.41. The summed E-state index contributed by atoms with van der Waals surface area (Å²) in [5.74, 6) is 1.17. The van der Waals surface area contributed by atoms with Crippen molar-refractivity contribution < 1.29 is 14.3 Å². The Bertz CT molecular complexity index is 991. The number of nitrogens with one attached hydrogen (secondary N) is 2. The van der Waals surface area contributed by atoms with Crippen LogP contribution in [0.25, 0.3) is 11.3 Å². The number of H-pyrrole nitrogens is 1. The number of hydrogen-bond donors (Lipinski definition) is 2. The molecular formula is C19H21N5O3. The second-order valence-electron chi connectivity index (χ2n) is 6.54. The summed E-state index contributed by atoms with van der Waals surface area (Å²) in [5.41, 5.74) is 3.91. The molecule has 0 aliphatic carbocycles. The van der Waals surface area contributed by atoms with Gasteiger partial charge in [-0.25, -0.2) is 0 Å². The van der Waals surface area contributed by atoms with Crippen molar-refractivity contribution in [2.24, 2.45) is 7.05 Å². The van der Waals surface area contributed by atoms with Crippen LogP contribution in [0.1, 0.15) is 21.9 Å². The minimum atomic E-state index is -0.242. The van der Waals surface area contributed by atoms with Crippen molar-refractivity contribution in [3.8, 4) is 22.8 Å². The van der Waals surface area contributed by atoms with Crippen LogP contribution in [0.3, 0.4) is 0 Å². The average Bonchev–Trinajstić information content (AvgIpc) is 3.24. The Morgan fingerprint density at radius 1 is 1.33 bits per heavy atom. The van der Waals surface area contributed by atoms with Crippen LogP contribution in [0.4, 0.5) is 0 Å². The first-order valence-corrected chi connectivity index (χ1v) is 8.75. The summed E-state index contributed by atoms with van der Waals surface area (Å²) in [7, 11) is 1.89. The number of para-hydroxylation sites is 2. The zero-order valence-corrected chi connectivity index (χ0v) is 15.4. The number of benzene rings is 1. The van der Waals surface area contributed by atoms with E-state index >= 15 is 0 Å². The van der Waals surface area contributed by atoms with Crippen molar-refractivity contribution in [3.63, 3.8) is 0 Å². The van der Waals surface area contributed by atoms with Crippen LogP contribution in [0.2, 0.25) is 0 Å². The Hall–Kier alpha value is -3.29. The molecule has 8 nitrogen and oxygen atoms in total. The molecule has 0 saturated carbocycles. The molecule has 1 amide bonds. The van der Waals surface area contributed by atoms with Crippen molar-refractivity contribution >= 4 is 5.91 Å². The molecule has 0 bridgehead atoms. The van der Waals surface area contributed by atoms with Gasteiger partial charge in [-0.15, -0.1) is 0 Å². The Kier molecular flexibility index (Phi) is 4.31. The highest BCUT2D eigenvalue weighted by Gasteiger charge is 2.22. The topological polar surface area (TPSA) is 94.1 Å². The molecule has 2 aromatic heterocycles. The van der Waals surface area contributed by atoms with Crippen LogP contribution in [0, 0.1) is 13.8 Å². The van der Waals surface area contributed by atoms with E-state index in [0.717, 1.165) is 22.7 Å². The van der Waals surface area contributed by atoms with Crippen LogP contribution in [0.5, 0.6) is 11.5 Å². The van der Waals surface area contributed by atoms with Gasteiger partial charge in [-0.1, -0.05) is 12.1 Å². The molecule has 1 aliphatic rings. The number of nitrogens with zero attached hydrogens (tertiary/aromatic N) is 3. The van der Waals surface area contributed by atoms with E-state index in [-0.39, 0.29) is 12.0 Å². The van der Waals surface area contributed by atoms with Crippen LogP contribution in [-0.2, 0) is 7.05 Å². The molecular weight excluding hydrogens is 346 g/mol. The van der Waals surface area contributed by atoms with Gasteiger partial charge in [0.2, 0.25) is 0 Å². The lowest BCUT2D eigenvalue weighted by Gasteiger charge is -2.26. The molecule has 0 spiro atoms. The Morgan fingerprint density at radius 3 is 2.85 bits per heavy atom. The van der Waals surface area contributed by atoms with Gasteiger partial charge < -0.3 is 14.8 Å². The van der Waals surface area contributed by atoms with E-state index in [0.29, 0.717) is 30.3 Å². The maximum absolute atomic E-state index is 12.5. The van der Waals surface area contributed by atoms with Gasteiger partial charge in [0.25, 0.3) is 5.91 Å². The second-order valence-corrected chi connectivity index (χ2v) is 6.54. The highest BCUT2D eigenvalue weighted by molar-refractivity contribution is 5.93. The second kappa shape index (κ2) is 6.79. The number of aromatic amines is 1. The molecule has 0 radical (unpaired) electrons. The lowest BCUT2D eigenvalue weighted by molar-refractivity contribution is 0.0786. The summed E-state index contributed by atoms with van der Waals surface area (Å²) < 4.78 is 13.3. The third kappa shape index (κ3) is 3.25. The summed E-state index contributed by atoms with van der Waals surface area (Å²) in [6.07, 6.45) is -0.242. The van der Waals surface area contributed by atoms with Gasteiger partial charge in [0.15, 0.2) is 11.5 Å². The number of fused-ring (bicyclic) bond motifs is 1. The number of ether oxygens (including phenoxy) is 2.